The summed E-state index contributed by atoms with van der Waals surface area (Å²) in [4.78, 5) is 0. The number of halogens is 1. The largest absolute Gasteiger partial charge is 0.248 e. The lowest BCUT2D eigenvalue weighted by Gasteiger charge is -2.06. The van der Waals surface area contributed by atoms with Gasteiger partial charge in [0.25, 0.3) is 0 Å². The van der Waals surface area contributed by atoms with Gasteiger partial charge in [0, 0.05) is 5.02 Å². The van der Waals surface area contributed by atoms with Crippen LogP contribution in [0, 0.1) is 0 Å². The second-order valence-electron chi connectivity index (χ2n) is 4.01. The molecule has 0 amide bonds. The summed E-state index contributed by atoms with van der Waals surface area (Å²) in [5.41, 5.74) is 4.68. The van der Waals surface area contributed by atoms with Crippen LogP contribution in [0.5, 0.6) is 0 Å². The Labute approximate surface area is 100 Å². The molecule has 1 aliphatic rings. The summed E-state index contributed by atoms with van der Waals surface area (Å²) in [5.74, 6) is 0. The molecule has 1 nitrogen and oxygen atoms in total. The molecule has 0 fully saturated rings. The molecular weight excluding hydrogens is 218 g/mol. The van der Waals surface area contributed by atoms with Gasteiger partial charge >= 0.3 is 0 Å². The molecule has 1 radical (unpaired) electrons. The summed E-state index contributed by atoms with van der Waals surface area (Å²) in [6, 6.07) is 14.3. The van der Waals surface area contributed by atoms with Crippen LogP contribution in [0.3, 0.4) is 0 Å². The summed E-state index contributed by atoms with van der Waals surface area (Å²) >= 11 is 6.00. The molecule has 0 aromatic heterocycles. The van der Waals surface area contributed by atoms with Crippen molar-refractivity contribution in [1.29, 1.82) is 0 Å². The molecule has 0 aliphatic carbocycles. The van der Waals surface area contributed by atoms with Gasteiger partial charge in [-0.1, -0.05) is 35.9 Å². The third kappa shape index (κ3) is 1.68. The molecule has 3 rings (SSSR count). The smallest absolute Gasteiger partial charge is 0.0683 e. The van der Waals surface area contributed by atoms with Gasteiger partial charge in [0.1, 0.15) is 0 Å². The molecular formula is C14H11ClN. The Hall–Kier alpha value is -1.47. The normalized spacial score (nSPS) is 13.3. The lowest BCUT2D eigenvalue weighted by Crippen LogP contribution is -1.91. The van der Waals surface area contributed by atoms with Crippen molar-refractivity contribution in [3.63, 3.8) is 0 Å². The SMILES string of the molecule is Clc1ccc2c(c1)[N]c1ccccc1CC2. The maximum Gasteiger partial charge on any atom is 0.0683 e. The van der Waals surface area contributed by atoms with E-state index in [1.165, 1.54) is 11.1 Å². The number of hydrogen-bond acceptors (Lipinski definition) is 0. The van der Waals surface area contributed by atoms with Crippen LogP contribution in [0.4, 0.5) is 11.4 Å². The van der Waals surface area contributed by atoms with Crippen LogP contribution in [0.25, 0.3) is 0 Å². The van der Waals surface area contributed by atoms with Crippen LogP contribution in [-0.2, 0) is 12.8 Å². The Morgan fingerprint density at radius 3 is 2.50 bits per heavy atom. The predicted molar refractivity (Wildman–Crippen MR) is 66.8 cm³/mol. The van der Waals surface area contributed by atoms with E-state index in [2.05, 4.69) is 29.6 Å². The molecule has 0 bridgehead atoms. The van der Waals surface area contributed by atoms with Gasteiger partial charge in [-0.05, 0) is 42.2 Å². The van der Waals surface area contributed by atoms with Crippen molar-refractivity contribution in [2.75, 3.05) is 0 Å². The highest BCUT2D eigenvalue weighted by Gasteiger charge is 2.13. The zero-order chi connectivity index (χ0) is 11.0. The molecule has 2 aromatic carbocycles. The first kappa shape index (κ1) is 9.73. The average molecular weight is 229 g/mol. The topological polar surface area (TPSA) is 14.1 Å². The summed E-state index contributed by atoms with van der Waals surface area (Å²) in [5, 5.41) is 5.43. The van der Waals surface area contributed by atoms with Crippen molar-refractivity contribution in [2.45, 2.75) is 12.8 Å². The van der Waals surface area contributed by atoms with Crippen LogP contribution in [-0.4, -0.2) is 0 Å². The number of benzene rings is 2. The molecule has 0 spiro atoms. The molecule has 2 heteroatoms. The molecule has 0 saturated heterocycles. The summed E-state index contributed by atoms with van der Waals surface area (Å²) in [6.07, 6.45) is 2.08. The minimum atomic E-state index is 0.752. The number of nitrogens with zero attached hydrogens (tertiary/aromatic N) is 1. The van der Waals surface area contributed by atoms with E-state index in [0.29, 0.717) is 0 Å². The molecule has 0 atom stereocenters. The Bertz CT molecular complexity index is 534. The monoisotopic (exact) mass is 228 g/mol. The quantitative estimate of drug-likeness (QED) is 0.647. The molecule has 2 aromatic rings. The molecule has 0 N–H and O–H groups in total. The number of fused-ring (bicyclic) bond motifs is 2. The molecule has 0 unspecified atom stereocenters. The van der Waals surface area contributed by atoms with Crippen molar-refractivity contribution < 1.29 is 0 Å². The van der Waals surface area contributed by atoms with Gasteiger partial charge in [-0.15, -0.1) is 0 Å². The summed E-state index contributed by atoms with van der Waals surface area (Å²) in [6.45, 7) is 0. The molecule has 1 aliphatic heterocycles. The van der Waals surface area contributed by atoms with E-state index in [1.54, 1.807) is 0 Å². The molecule has 1 heterocycles. The van der Waals surface area contributed by atoms with Gasteiger partial charge in [0.15, 0.2) is 0 Å². The van der Waals surface area contributed by atoms with E-state index in [-0.39, 0.29) is 0 Å². The van der Waals surface area contributed by atoms with E-state index < -0.39 is 0 Å². The van der Waals surface area contributed by atoms with E-state index in [4.69, 9.17) is 11.6 Å². The first-order valence-corrected chi connectivity index (χ1v) is 5.79. The van der Waals surface area contributed by atoms with Gasteiger partial charge in [-0.2, -0.15) is 0 Å². The third-order valence-corrected chi connectivity index (χ3v) is 3.18. The molecule has 16 heavy (non-hydrogen) atoms. The molecule has 79 valence electrons. The minimum Gasteiger partial charge on any atom is -0.248 e. The third-order valence-electron chi connectivity index (χ3n) is 2.94. The number of hydrogen-bond donors (Lipinski definition) is 0. The van der Waals surface area contributed by atoms with Crippen LogP contribution in [0.2, 0.25) is 5.02 Å². The fourth-order valence-electron chi connectivity index (χ4n) is 2.08. The summed E-state index contributed by atoms with van der Waals surface area (Å²) in [7, 11) is 0. The highest BCUT2D eigenvalue weighted by atomic mass is 35.5. The first-order valence-electron chi connectivity index (χ1n) is 5.41. The zero-order valence-corrected chi connectivity index (χ0v) is 9.54. The fraction of sp³-hybridized carbons (Fsp3) is 0.143. The second-order valence-corrected chi connectivity index (χ2v) is 4.45. The highest BCUT2D eigenvalue weighted by molar-refractivity contribution is 6.30. The van der Waals surface area contributed by atoms with Crippen LogP contribution in [0.15, 0.2) is 42.5 Å². The van der Waals surface area contributed by atoms with E-state index >= 15 is 0 Å². The lowest BCUT2D eigenvalue weighted by atomic mass is 10.0. The van der Waals surface area contributed by atoms with Crippen LogP contribution in [0.1, 0.15) is 11.1 Å². The number of rotatable bonds is 0. The predicted octanol–water partition coefficient (Wildman–Crippen LogP) is 4.01. The average Bonchev–Trinajstić information content (AvgIpc) is 2.47. The Morgan fingerprint density at radius 1 is 0.875 bits per heavy atom. The van der Waals surface area contributed by atoms with E-state index in [0.717, 1.165) is 29.2 Å². The van der Waals surface area contributed by atoms with Gasteiger partial charge in [0.2, 0.25) is 0 Å². The summed E-state index contributed by atoms with van der Waals surface area (Å²) < 4.78 is 0. The fourth-order valence-corrected chi connectivity index (χ4v) is 2.25. The lowest BCUT2D eigenvalue weighted by molar-refractivity contribution is 0.977. The minimum absolute atomic E-state index is 0.752. The van der Waals surface area contributed by atoms with Gasteiger partial charge < -0.3 is 0 Å². The highest BCUT2D eigenvalue weighted by Crippen LogP contribution is 2.31. The van der Waals surface area contributed by atoms with E-state index in [9.17, 15) is 0 Å². The van der Waals surface area contributed by atoms with Crippen molar-refractivity contribution in [3.8, 4) is 0 Å². The Kier molecular flexibility index (Phi) is 2.33. The van der Waals surface area contributed by atoms with Crippen LogP contribution < -0.4 is 5.32 Å². The van der Waals surface area contributed by atoms with Crippen LogP contribution >= 0.6 is 11.6 Å². The van der Waals surface area contributed by atoms with Crippen molar-refractivity contribution in [2.24, 2.45) is 0 Å². The van der Waals surface area contributed by atoms with E-state index in [1.807, 2.05) is 18.2 Å². The Balaban J connectivity index is 2.10. The van der Waals surface area contributed by atoms with Gasteiger partial charge in [-0.3, -0.25) is 0 Å². The standard InChI is InChI=1S/C14H11ClN/c15-12-8-7-11-6-5-10-3-1-2-4-13(10)16-14(11)9-12/h1-4,7-9H,5-6H2. The number of para-hydroxylation sites is 1. The van der Waals surface area contributed by atoms with Gasteiger partial charge in [-0.25, -0.2) is 5.32 Å². The zero-order valence-electron chi connectivity index (χ0n) is 8.78. The van der Waals surface area contributed by atoms with Crippen molar-refractivity contribution in [3.05, 3.63) is 58.6 Å². The second kappa shape index (κ2) is 3.84. The van der Waals surface area contributed by atoms with Gasteiger partial charge in [0.05, 0.1) is 11.4 Å². The number of aryl methyl sites for hydroxylation is 2. The Morgan fingerprint density at radius 2 is 1.62 bits per heavy atom. The first-order chi connectivity index (χ1) is 7.83. The molecule has 0 saturated carbocycles. The van der Waals surface area contributed by atoms with Crippen molar-refractivity contribution >= 4 is 23.0 Å². The van der Waals surface area contributed by atoms with Crippen molar-refractivity contribution in [1.82, 2.24) is 5.32 Å². The maximum atomic E-state index is 6.00. The maximum absolute atomic E-state index is 6.00.